The third kappa shape index (κ3) is 5.76. The van der Waals surface area contributed by atoms with Crippen LogP contribution in [0.15, 0.2) is 24.3 Å². The summed E-state index contributed by atoms with van der Waals surface area (Å²) in [6.07, 6.45) is 3.84. The van der Waals surface area contributed by atoms with Crippen molar-refractivity contribution in [3.63, 3.8) is 0 Å². The zero-order valence-corrected chi connectivity index (χ0v) is 11.7. The van der Waals surface area contributed by atoms with Crippen molar-refractivity contribution >= 4 is 5.69 Å². The average Bonchev–Trinajstić information content (AvgIpc) is 2.19. The zero-order valence-electron chi connectivity index (χ0n) is 11.7. The van der Waals surface area contributed by atoms with Gasteiger partial charge in [0.05, 0.1) is 0 Å². The van der Waals surface area contributed by atoms with Gasteiger partial charge in [0.25, 0.3) is 0 Å². The van der Waals surface area contributed by atoms with Crippen LogP contribution in [0, 0.1) is 17.8 Å². The fourth-order valence-electron chi connectivity index (χ4n) is 2.58. The summed E-state index contributed by atoms with van der Waals surface area (Å²) in [5.74, 6) is 2.37. The Bertz CT molecular complexity index is 301. The lowest BCUT2D eigenvalue weighted by Crippen LogP contribution is -2.11. The van der Waals surface area contributed by atoms with Crippen molar-refractivity contribution in [2.24, 2.45) is 17.8 Å². The third-order valence-corrected chi connectivity index (χ3v) is 3.11. The molecule has 1 aromatic rings. The van der Waals surface area contributed by atoms with Gasteiger partial charge < -0.3 is 5.73 Å². The molecule has 0 bridgehead atoms. The van der Waals surface area contributed by atoms with Gasteiger partial charge in [-0.3, -0.25) is 0 Å². The number of hydrogen-bond acceptors (Lipinski definition) is 1. The van der Waals surface area contributed by atoms with Gasteiger partial charge in [-0.05, 0) is 54.7 Å². The van der Waals surface area contributed by atoms with Gasteiger partial charge in [0.15, 0.2) is 0 Å². The molecule has 0 unspecified atom stereocenters. The molecule has 0 aliphatic rings. The van der Waals surface area contributed by atoms with E-state index in [9.17, 15) is 0 Å². The van der Waals surface area contributed by atoms with E-state index in [1.54, 1.807) is 0 Å². The van der Waals surface area contributed by atoms with Crippen LogP contribution in [0.2, 0.25) is 0 Å². The Hall–Kier alpha value is -0.980. The first-order chi connectivity index (χ1) is 7.97. The fourth-order valence-corrected chi connectivity index (χ4v) is 2.58. The number of hydrogen-bond donors (Lipinski definition) is 1. The van der Waals surface area contributed by atoms with Crippen LogP contribution in [0.25, 0.3) is 0 Å². The molecular weight excluding hydrogens is 206 g/mol. The first-order valence-corrected chi connectivity index (χ1v) is 6.81. The van der Waals surface area contributed by atoms with E-state index < -0.39 is 0 Å². The molecule has 0 saturated heterocycles. The predicted molar refractivity (Wildman–Crippen MR) is 77.0 cm³/mol. The lowest BCUT2D eigenvalue weighted by Gasteiger charge is -2.21. The molecule has 1 aromatic carbocycles. The van der Waals surface area contributed by atoms with Gasteiger partial charge in [-0.2, -0.15) is 0 Å². The van der Waals surface area contributed by atoms with E-state index in [2.05, 4.69) is 39.8 Å². The van der Waals surface area contributed by atoms with Gasteiger partial charge in [0.2, 0.25) is 0 Å². The lowest BCUT2D eigenvalue weighted by atomic mass is 9.85. The molecule has 2 N–H and O–H groups in total. The van der Waals surface area contributed by atoms with Gasteiger partial charge in [-0.15, -0.1) is 0 Å². The average molecular weight is 233 g/mol. The molecule has 96 valence electrons. The number of rotatable bonds is 6. The lowest BCUT2D eigenvalue weighted by molar-refractivity contribution is 0.341. The van der Waals surface area contributed by atoms with E-state index in [1.165, 1.54) is 24.8 Å². The molecule has 0 radical (unpaired) electrons. The van der Waals surface area contributed by atoms with Crippen LogP contribution < -0.4 is 5.73 Å². The monoisotopic (exact) mass is 233 g/mol. The predicted octanol–water partition coefficient (Wildman–Crippen LogP) is 4.52. The van der Waals surface area contributed by atoms with Gasteiger partial charge in [-0.1, -0.05) is 39.8 Å². The Labute approximate surface area is 106 Å². The number of benzene rings is 1. The highest BCUT2D eigenvalue weighted by atomic mass is 14.5. The van der Waals surface area contributed by atoms with Gasteiger partial charge in [0, 0.05) is 5.69 Å². The summed E-state index contributed by atoms with van der Waals surface area (Å²) in [6.45, 7) is 9.26. The summed E-state index contributed by atoms with van der Waals surface area (Å²) in [7, 11) is 0. The Morgan fingerprint density at radius 2 is 1.35 bits per heavy atom. The number of anilines is 1. The SMILES string of the molecule is CC(C)CC(Cc1ccc(N)cc1)CC(C)C. The second kappa shape index (κ2) is 6.68. The molecule has 1 heteroatoms. The number of nitrogens with two attached hydrogens (primary N) is 1. The summed E-state index contributed by atoms with van der Waals surface area (Å²) in [5, 5.41) is 0. The Kier molecular flexibility index (Phi) is 5.54. The van der Waals surface area contributed by atoms with Crippen LogP contribution in [0.4, 0.5) is 5.69 Å². The minimum atomic E-state index is 0.785. The maximum Gasteiger partial charge on any atom is 0.0314 e. The maximum absolute atomic E-state index is 5.72. The molecule has 0 heterocycles. The van der Waals surface area contributed by atoms with Crippen molar-refractivity contribution in [1.29, 1.82) is 0 Å². The van der Waals surface area contributed by atoms with Crippen LogP contribution in [-0.4, -0.2) is 0 Å². The summed E-state index contributed by atoms with van der Waals surface area (Å²) in [5.41, 5.74) is 8.00. The molecule has 0 aliphatic heterocycles. The highest BCUT2D eigenvalue weighted by Crippen LogP contribution is 2.24. The Morgan fingerprint density at radius 1 is 0.882 bits per heavy atom. The summed E-state index contributed by atoms with van der Waals surface area (Å²) >= 11 is 0. The van der Waals surface area contributed by atoms with E-state index in [4.69, 9.17) is 5.73 Å². The first-order valence-electron chi connectivity index (χ1n) is 6.81. The van der Waals surface area contributed by atoms with Crippen LogP contribution in [0.3, 0.4) is 0 Å². The van der Waals surface area contributed by atoms with E-state index in [0.717, 1.165) is 23.4 Å². The molecule has 0 saturated carbocycles. The standard InChI is InChI=1S/C16H27N/c1-12(2)9-15(10-13(3)4)11-14-5-7-16(17)8-6-14/h5-8,12-13,15H,9-11,17H2,1-4H3. The van der Waals surface area contributed by atoms with E-state index in [0.29, 0.717) is 0 Å². The van der Waals surface area contributed by atoms with E-state index in [1.807, 2.05) is 12.1 Å². The van der Waals surface area contributed by atoms with Crippen molar-refractivity contribution in [2.45, 2.75) is 47.0 Å². The molecule has 0 atom stereocenters. The third-order valence-electron chi connectivity index (χ3n) is 3.11. The van der Waals surface area contributed by atoms with Crippen molar-refractivity contribution in [1.82, 2.24) is 0 Å². The van der Waals surface area contributed by atoms with Crippen LogP contribution in [0.1, 0.15) is 46.1 Å². The van der Waals surface area contributed by atoms with Crippen molar-refractivity contribution in [2.75, 3.05) is 5.73 Å². The minimum Gasteiger partial charge on any atom is -0.399 e. The molecule has 0 aromatic heterocycles. The topological polar surface area (TPSA) is 26.0 Å². The summed E-state index contributed by atoms with van der Waals surface area (Å²) in [6, 6.07) is 8.36. The fraction of sp³-hybridized carbons (Fsp3) is 0.625. The molecular formula is C16H27N. The Balaban J connectivity index is 2.61. The molecule has 1 rings (SSSR count). The summed E-state index contributed by atoms with van der Waals surface area (Å²) in [4.78, 5) is 0. The van der Waals surface area contributed by atoms with Crippen LogP contribution >= 0.6 is 0 Å². The molecule has 1 nitrogen and oxygen atoms in total. The minimum absolute atomic E-state index is 0.785. The second-order valence-corrected chi connectivity index (χ2v) is 6.07. The highest BCUT2D eigenvalue weighted by molar-refractivity contribution is 5.39. The van der Waals surface area contributed by atoms with Crippen LogP contribution in [0.5, 0.6) is 0 Å². The summed E-state index contributed by atoms with van der Waals surface area (Å²) < 4.78 is 0. The van der Waals surface area contributed by atoms with Gasteiger partial charge >= 0.3 is 0 Å². The largest absolute Gasteiger partial charge is 0.399 e. The van der Waals surface area contributed by atoms with Gasteiger partial charge in [0.1, 0.15) is 0 Å². The van der Waals surface area contributed by atoms with Gasteiger partial charge in [-0.25, -0.2) is 0 Å². The van der Waals surface area contributed by atoms with Crippen molar-refractivity contribution in [3.8, 4) is 0 Å². The smallest absolute Gasteiger partial charge is 0.0314 e. The molecule has 0 amide bonds. The quantitative estimate of drug-likeness (QED) is 0.718. The Morgan fingerprint density at radius 3 is 1.76 bits per heavy atom. The zero-order chi connectivity index (χ0) is 12.8. The van der Waals surface area contributed by atoms with E-state index in [-0.39, 0.29) is 0 Å². The first kappa shape index (κ1) is 14.1. The number of nitrogen functional groups attached to an aromatic ring is 1. The maximum atomic E-state index is 5.72. The van der Waals surface area contributed by atoms with E-state index >= 15 is 0 Å². The van der Waals surface area contributed by atoms with Crippen LogP contribution in [-0.2, 0) is 6.42 Å². The normalized spacial score (nSPS) is 11.7. The highest BCUT2D eigenvalue weighted by Gasteiger charge is 2.13. The molecule has 0 fully saturated rings. The second-order valence-electron chi connectivity index (χ2n) is 6.07. The molecule has 17 heavy (non-hydrogen) atoms. The molecule has 0 spiro atoms. The van der Waals surface area contributed by atoms with Crippen molar-refractivity contribution in [3.05, 3.63) is 29.8 Å². The molecule has 0 aliphatic carbocycles. The van der Waals surface area contributed by atoms with Crippen molar-refractivity contribution < 1.29 is 0 Å².